The van der Waals surface area contributed by atoms with Crippen molar-refractivity contribution in [1.82, 2.24) is 0 Å². The zero-order valence-corrected chi connectivity index (χ0v) is 11.8. The van der Waals surface area contributed by atoms with E-state index < -0.39 is 5.91 Å². The van der Waals surface area contributed by atoms with E-state index in [0.717, 1.165) is 0 Å². The largest absolute Gasteiger partial charge is 0.497 e. The Bertz CT molecular complexity index is 671. The van der Waals surface area contributed by atoms with Gasteiger partial charge in [-0.15, -0.1) is 0 Å². The predicted octanol–water partition coefficient (Wildman–Crippen LogP) is 2.13. The van der Waals surface area contributed by atoms with Crippen LogP contribution in [0, 0.1) is 0 Å². The van der Waals surface area contributed by atoms with E-state index in [0.29, 0.717) is 34.1 Å². The summed E-state index contributed by atoms with van der Waals surface area (Å²) in [5.41, 5.74) is 13.1. The van der Waals surface area contributed by atoms with E-state index in [2.05, 4.69) is 5.32 Å². The van der Waals surface area contributed by atoms with Crippen molar-refractivity contribution in [2.75, 3.05) is 25.3 Å². The van der Waals surface area contributed by atoms with Crippen LogP contribution in [0.2, 0.25) is 0 Å². The van der Waals surface area contributed by atoms with Crippen LogP contribution >= 0.6 is 0 Å². The zero-order chi connectivity index (χ0) is 15.4. The zero-order valence-electron chi connectivity index (χ0n) is 11.8. The number of hydrogen-bond acceptors (Lipinski definition) is 5. The number of carbonyl (C=O) groups is 1. The van der Waals surface area contributed by atoms with Crippen molar-refractivity contribution < 1.29 is 14.3 Å². The van der Waals surface area contributed by atoms with E-state index in [1.807, 2.05) is 0 Å². The summed E-state index contributed by atoms with van der Waals surface area (Å²) in [5, 5.41) is 3.11. The lowest BCUT2D eigenvalue weighted by Gasteiger charge is -2.14. The van der Waals surface area contributed by atoms with Crippen LogP contribution in [0.5, 0.6) is 11.5 Å². The molecule has 2 rings (SSSR count). The highest BCUT2D eigenvalue weighted by atomic mass is 16.5. The maximum Gasteiger partial charge on any atom is 0.250 e. The van der Waals surface area contributed by atoms with Crippen LogP contribution in [0.1, 0.15) is 10.4 Å². The molecule has 6 nitrogen and oxygen atoms in total. The molecule has 0 bridgehead atoms. The molecule has 110 valence electrons. The lowest BCUT2D eigenvalue weighted by molar-refractivity contribution is 0.100. The number of carbonyl (C=O) groups excluding carboxylic acids is 1. The number of hydrogen-bond donors (Lipinski definition) is 3. The normalized spacial score (nSPS) is 10.0. The number of nitrogens with one attached hydrogen (secondary N) is 1. The highest BCUT2D eigenvalue weighted by Gasteiger charge is 2.11. The van der Waals surface area contributed by atoms with Crippen molar-refractivity contribution in [1.29, 1.82) is 0 Å². The van der Waals surface area contributed by atoms with Gasteiger partial charge in [-0.3, -0.25) is 4.79 Å². The quantitative estimate of drug-likeness (QED) is 0.731. The Morgan fingerprint density at radius 3 is 2.38 bits per heavy atom. The topological polar surface area (TPSA) is 99.6 Å². The van der Waals surface area contributed by atoms with Gasteiger partial charge in [0.05, 0.1) is 31.2 Å². The maximum atomic E-state index is 11.5. The molecule has 0 fully saturated rings. The lowest BCUT2D eigenvalue weighted by Crippen LogP contribution is -2.14. The molecule has 6 heteroatoms. The fourth-order valence-electron chi connectivity index (χ4n) is 1.92. The third-order valence-corrected chi connectivity index (χ3v) is 2.99. The number of benzene rings is 2. The molecule has 2 aromatic carbocycles. The van der Waals surface area contributed by atoms with Crippen LogP contribution in [0.4, 0.5) is 17.1 Å². The van der Waals surface area contributed by atoms with Crippen molar-refractivity contribution in [3.63, 3.8) is 0 Å². The van der Waals surface area contributed by atoms with Crippen molar-refractivity contribution in [3.05, 3.63) is 42.0 Å². The molecule has 0 aliphatic rings. The number of primary amides is 1. The van der Waals surface area contributed by atoms with Crippen molar-refractivity contribution in [2.24, 2.45) is 5.73 Å². The monoisotopic (exact) mass is 287 g/mol. The Morgan fingerprint density at radius 1 is 1.05 bits per heavy atom. The first kappa shape index (κ1) is 14.5. The highest BCUT2D eigenvalue weighted by molar-refractivity contribution is 6.00. The number of nitrogens with two attached hydrogens (primary N) is 2. The molecule has 5 N–H and O–H groups in total. The summed E-state index contributed by atoms with van der Waals surface area (Å²) in [6, 6.07) is 10.2. The van der Waals surface area contributed by atoms with Crippen molar-refractivity contribution >= 4 is 23.0 Å². The molecule has 0 spiro atoms. The SMILES string of the molecule is COc1ccc(Nc2ccc(N)cc2C(N)=O)c(OC)c1. The number of nitrogen functional groups attached to an aromatic ring is 1. The second-order valence-electron chi connectivity index (χ2n) is 4.36. The van der Waals surface area contributed by atoms with Crippen LogP contribution in [0.3, 0.4) is 0 Å². The van der Waals surface area contributed by atoms with E-state index in [4.69, 9.17) is 20.9 Å². The molecule has 0 aliphatic carbocycles. The van der Waals surface area contributed by atoms with Gasteiger partial charge < -0.3 is 26.3 Å². The summed E-state index contributed by atoms with van der Waals surface area (Å²) in [5.74, 6) is 0.698. The van der Waals surface area contributed by atoms with Crippen LogP contribution in [-0.4, -0.2) is 20.1 Å². The Labute approximate surface area is 122 Å². The average molecular weight is 287 g/mol. The molecule has 0 aromatic heterocycles. The summed E-state index contributed by atoms with van der Waals surface area (Å²) in [6.45, 7) is 0. The first-order valence-corrected chi connectivity index (χ1v) is 6.23. The van der Waals surface area contributed by atoms with Crippen molar-refractivity contribution in [2.45, 2.75) is 0 Å². The van der Waals surface area contributed by atoms with Gasteiger partial charge in [-0.05, 0) is 30.3 Å². The fourth-order valence-corrected chi connectivity index (χ4v) is 1.92. The first-order chi connectivity index (χ1) is 10.0. The Morgan fingerprint density at radius 2 is 1.76 bits per heavy atom. The second-order valence-corrected chi connectivity index (χ2v) is 4.36. The highest BCUT2D eigenvalue weighted by Crippen LogP contribution is 2.32. The van der Waals surface area contributed by atoms with E-state index in [1.165, 1.54) is 6.07 Å². The summed E-state index contributed by atoms with van der Waals surface area (Å²) in [6.07, 6.45) is 0. The lowest BCUT2D eigenvalue weighted by atomic mass is 10.1. The molecule has 0 unspecified atom stereocenters. The van der Waals surface area contributed by atoms with Gasteiger partial charge in [-0.25, -0.2) is 0 Å². The van der Waals surface area contributed by atoms with Gasteiger partial charge in [0.2, 0.25) is 0 Å². The first-order valence-electron chi connectivity index (χ1n) is 6.23. The van der Waals surface area contributed by atoms with Crippen LogP contribution in [0.15, 0.2) is 36.4 Å². The molecule has 0 saturated heterocycles. The van der Waals surface area contributed by atoms with E-state index in [-0.39, 0.29) is 0 Å². The molecule has 2 aromatic rings. The number of rotatable bonds is 5. The molecular formula is C15H17N3O3. The van der Waals surface area contributed by atoms with Crippen molar-refractivity contribution in [3.8, 4) is 11.5 Å². The number of anilines is 3. The average Bonchev–Trinajstić information content (AvgIpc) is 2.49. The van der Waals surface area contributed by atoms with Gasteiger partial charge in [-0.1, -0.05) is 0 Å². The van der Waals surface area contributed by atoms with Crippen LogP contribution in [-0.2, 0) is 0 Å². The van der Waals surface area contributed by atoms with Gasteiger partial charge in [0.25, 0.3) is 5.91 Å². The molecule has 0 heterocycles. The molecule has 1 amide bonds. The second kappa shape index (κ2) is 6.04. The van der Waals surface area contributed by atoms with E-state index in [1.54, 1.807) is 44.6 Å². The fraction of sp³-hybridized carbons (Fsp3) is 0.133. The van der Waals surface area contributed by atoms with Crippen LogP contribution < -0.4 is 26.3 Å². The van der Waals surface area contributed by atoms with Gasteiger partial charge in [0.15, 0.2) is 0 Å². The molecular weight excluding hydrogens is 270 g/mol. The standard InChI is InChI=1S/C15H17N3O3/c1-20-10-4-6-13(14(8-10)21-2)18-12-5-3-9(16)7-11(12)15(17)19/h3-8,18H,16H2,1-2H3,(H2,17,19). The predicted molar refractivity (Wildman–Crippen MR) is 82.2 cm³/mol. The maximum absolute atomic E-state index is 11.5. The minimum Gasteiger partial charge on any atom is -0.497 e. The Balaban J connectivity index is 2.40. The third kappa shape index (κ3) is 3.17. The molecule has 0 radical (unpaired) electrons. The molecule has 21 heavy (non-hydrogen) atoms. The third-order valence-electron chi connectivity index (χ3n) is 2.99. The Hall–Kier alpha value is -2.89. The van der Waals surface area contributed by atoms with E-state index in [9.17, 15) is 4.79 Å². The summed E-state index contributed by atoms with van der Waals surface area (Å²) < 4.78 is 10.4. The Kier molecular flexibility index (Phi) is 4.18. The minimum absolute atomic E-state index is 0.313. The van der Waals surface area contributed by atoms with Gasteiger partial charge >= 0.3 is 0 Å². The summed E-state index contributed by atoms with van der Waals surface area (Å²) in [7, 11) is 3.13. The smallest absolute Gasteiger partial charge is 0.250 e. The van der Waals surface area contributed by atoms with E-state index >= 15 is 0 Å². The molecule has 0 aliphatic heterocycles. The number of ether oxygens (including phenoxy) is 2. The molecule has 0 saturated carbocycles. The molecule has 0 atom stereocenters. The van der Waals surface area contributed by atoms with Gasteiger partial charge in [0, 0.05) is 11.8 Å². The minimum atomic E-state index is -0.558. The number of amides is 1. The summed E-state index contributed by atoms with van der Waals surface area (Å²) >= 11 is 0. The number of methoxy groups -OCH3 is 2. The summed E-state index contributed by atoms with van der Waals surface area (Å²) in [4.78, 5) is 11.5. The van der Waals surface area contributed by atoms with Crippen LogP contribution in [0.25, 0.3) is 0 Å². The van der Waals surface area contributed by atoms with Gasteiger partial charge in [0.1, 0.15) is 11.5 Å². The van der Waals surface area contributed by atoms with Gasteiger partial charge in [-0.2, -0.15) is 0 Å².